The smallest absolute Gasteiger partial charge is 0.254 e. The van der Waals surface area contributed by atoms with Crippen molar-refractivity contribution in [2.75, 3.05) is 6.54 Å². The summed E-state index contributed by atoms with van der Waals surface area (Å²) in [6.45, 7) is 0.730. The third-order valence-electron chi connectivity index (χ3n) is 6.35. The largest absolute Gasteiger partial charge is 0.353 e. The molecule has 2 aliphatic rings. The zero-order valence-electron chi connectivity index (χ0n) is 17.6. The van der Waals surface area contributed by atoms with Gasteiger partial charge in [0.25, 0.3) is 5.91 Å². The molecule has 0 bridgehead atoms. The first-order valence-corrected chi connectivity index (χ1v) is 11.4. The van der Waals surface area contributed by atoms with Gasteiger partial charge in [-0.05, 0) is 56.0 Å². The molecule has 1 aromatic heterocycles. The Kier molecular flexibility index (Phi) is 6.47. The first-order valence-electron chi connectivity index (χ1n) is 11.0. The Morgan fingerprint density at radius 1 is 1.00 bits per heavy atom. The highest BCUT2D eigenvalue weighted by molar-refractivity contribution is 6.31. The molecule has 6 heteroatoms. The van der Waals surface area contributed by atoms with E-state index in [-0.39, 0.29) is 24.4 Å². The third-order valence-corrected chi connectivity index (χ3v) is 6.58. The van der Waals surface area contributed by atoms with Crippen molar-refractivity contribution in [3.63, 3.8) is 0 Å². The molecule has 2 aliphatic carbocycles. The summed E-state index contributed by atoms with van der Waals surface area (Å²) in [6, 6.07) is 11.5. The van der Waals surface area contributed by atoms with Crippen molar-refractivity contribution in [1.82, 2.24) is 14.4 Å². The lowest BCUT2D eigenvalue weighted by Crippen LogP contribution is -2.48. The van der Waals surface area contributed by atoms with Gasteiger partial charge in [0.15, 0.2) is 0 Å². The van der Waals surface area contributed by atoms with Crippen molar-refractivity contribution in [1.29, 1.82) is 0 Å². The highest BCUT2D eigenvalue weighted by Gasteiger charge is 2.36. The minimum Gasteiger partial charge on any atom is -0.353 e. The summed E-state index contributed by atoms with van der Waals surface area (Å²) in [4.78, 5) is 30.6. The molecule has 0 N–H and O–H groups in total. The van der Waals surface area contributed by atoms with Crippen LogP contribution in [0.2, 0.25) is 5.02 Å². The number of benzene rings is 1. The lowest BCUT2D eigenvalue weighted by Gasteiger charge is -2.35. The molecule has 1 heterocycles. The van der Waals surface area contributed by atoms with E-state index in [0.29, 0.717) is 23.2 Å². The summed E-state index contributed by atoms with van der Waals surface area (Å²) in [5.41, 5.74) is 1.67. The normalized spacial score (nSPS) is 17.0. The number of carbonyl (C=O) groups is 2. The van der Waals surface area contributed by atoms with E-state index < -0.39 is 0 Å². The van der Waals surface area contributed by atoms with Crippen LogP contribution in [0.1, 0.15) is 61.0 Å². The van der Waals surface area contributed by atoms with Crippen molar-refractivity contribution in [3.8, 4) is 0 Å². The predicted molar refractivity (Wildman–Crippen MR) is 118 cm³/mol. The number of rotatable bonds is 7. The molecule has 0 spiro atoms. The predicted octanol–water partition coefficient (Wildman–Crippen LogP) is 4.64. The van der Waals surface area contributed by atoms with Crippen LogP contribution < -0.4 is 0 Å². The lowest BCUT2D eigenvalue weighted by atomic mass is 9.93. The molecule has 4 rings (SSSR count). The van der Waals surface area contributed by atoms with Gasteiger partial charge in [-0.25, -0.2) is 0 Å². The SMILES string of the molecule is Cn1cccc1CN(C(=O)CN(C(=O)c1cccc(Cl)c1)C1CCCCC1)C1CC1. The van der Waals surface area contributed by atoms with Crippen LogP contribution in [0.3, 0.4) is 0 Å². The Morgan fingerprint density at radius 3 is 2.37 bits per heavy atom. The molecule has 0 unspecified atom stereocenters. The highest BCUT2D eigenvalue weighted by atomic mass is 35.5. The molecule has 160 valence electrons. The molecule has 0 aliphatic heterocycles. The van der Waals surface area contributed by atoms with Crippen molar-refractivity contribution in [2.45, 2.75) is 63.6 Å². The molecule has 0 radical (unpaired) electrons. The van der Waals surface area contributed by atoms with E-state index in [0.717, 1.165) is 44.2 Å². The van der Waals surface area contributed by atoms with Gasteiger partial charge in [-0.2, -0.15) is 0 Å². The van der Waals surface area contributed by atoms with Crippen molar-refractivity contribution < 1.29 is 9.59 Å². The second kappa shape index (κ2) is 9.25. The Hall–Kier alpha value is -2.27. The van der Waals surface area contributed by atoms with Crippen molar-refractivity contribution in [2.24, 2.45) is 7.05 Å². The molecule has 1 aromatic carbocycles. The number of hydrogen-bond acceptors (Lipinski definition) is 2. The van der Waals surface area contributed by atoms with Gasteiger partial charge in [-0.15, -0.1) is 0 Å². The summed E-state index contributed by atoms with van der Waals surface area (Å²) >= 11 is 6.13. The number of aryl methyl sites for hydroxylation is 1. The number of halogens is 1. The number of aromatic nitrogens is 1. The fourth-order valence-electron chi connectivity index (χ4n) is 4.43. The van der Waals surface area contributed by atoms with Crippen LogP contribution in [0.4, 0.5) is 0 Å². The summed E-state index contributed by atoms with van der Waals surface area (Å²) in [5.74, 6) is -0.0491. The molecule has 2 saturated carbocycles. The van der Waals surface area contributed by atoms with Gasteiger partial charge in [0.1, 0.15) is 6.54 Å². The number of amides is 2. The van der Waals surface area contributed by atoms with E-state index in [2.05, 4.69) is 10.6 Å². The third kappa shape index (κ3) is 4.89. The van der Waals surface area contributed by atoms with E-state index in [1.165, 1.54) is 6.42 Å². The molecule has 2 amide bonds. The first kappa shape index (κ1) is 21.0. The van der Waals surface area contributed by atoms with E-state index in [4.69, 9.17) is 11.6 Å². The van der Waals surface area contributed by atoms with Gasteiger partial charge >= 0.3 is 0 Å². The van der Waals surface area contributed by atoms with Gasteiger partial charge in [-0.3, -0.25) is 9.59 Å². The summed E-state index contributed by atoms with van der Waals surface area (Å²) < 4.78 is 2.05. The van der Waals surface area contributed by atoms with Crippen LogP contribution in [0, 0.1) is 0 Å². The van der Waals surface area contributed by atoms with Crippen LogP contribution in [0.5, 0.6) is 0 Å². The molecule has 2 fully saturated rings. The Bertz CT molecular complexity index is 899. The average molecular weight is 428 g/mol. The van der Waals surface area contributed by atoms with Crippen molar-refractivity contribution >= 4 is 23.4 Å². The second-order valence-electron chi connectivity index (χ2n) is 8.60. The van der Waals surface area contributed by atoms with Crippen LogP contribution >= 0.6 is 11.6 Å². The van der Waals surface area contributed by atoms with E-state index in [1.54, 1.807) is 24.3 Å². The molecule has 0 atom stereocenters. The van der Waals surface area contributed by atoms with Gasteiger partial charge in [0.05, 0.1) is 6.54 Å². The maximum absolute atomic E-state index is 13.4. The Balaban J connectivity index is 1.54. The number of carbonyl (C=O) groups excluding carboxylic acids is 2. The molecular weight excluding hydrogens is 398 g/mol. The minimum atomic E-state index is -0.0904. The number of nitrogens with zero attached hydrogens (tertiary/aromatic N) is 3. The van der Waals surface area contributed by atoms with Crippen LogP contribution in [0.25, 0.3) is 0 Å². The van der Waals surface area contributed by atoms with Gasteiger partial charge in [0, 0.05) is 41.6 Å². The van der Waals surface area contributed by atoms with Crippen LogP contribution in [-0.2, 0) is 18.4 Å². The van der Waals surface area contributed by atoms with Crippen molar-refractivity contribution in [3.05, 3.63) is 58.9 Å². The zero-order valence-corrected chi connectivity index (χ0v) is 18.4. The van der Waals surface area contributed by atoms with Gasteiger partial charge in [0.2, 0.25) is 5.91 Å². The average Bonchev–Trinajstić information content (AvgIpc) is 3.52. The monoisotopic (exact) mass is 427 g/mol. The summed E-state index contributed by atoms with van der Waals surface area (Å²) in [6.07, 6.45) is 9.42. The maximum atomic E-state index is 13.4. The maximum Gasteiger partial charge on any atom is 0.254 e. The molecule has 0 saturated heterocycles. The Labute approximate surface area is 183 Å². The van der Waals surface area contributed by atoms with Crippen LogP contribution in [-0.4, -0.2) is 44.8 Å². The Morgan fingerprint density at radius 2 is 1.73 bits per heavy atom. The van der Waals surface area contributed by atoms with E-state index >= 15 is 0 Å². The van der Waals surface area contributed by atoms with E-state index in [9.17, 15) is 9.59 Å². The minimum absolute atomic E-state index is 0.0413. The van der Waals surface area contributed by atoms with E-state index in [1.807, 2.05) is 29.1 Å². The van der Waals surface area contributed by atoms with Gasteiger partial charge < -0.3 is 14.4 Å². The fourth-order valence-corrected chi connectivity index (χ4v) is 4.62. The topological polar surface area (TPSA) is 45.6 Å². The number of hydrogen-bond donors (Lipinski definition) is 0. The molecule has 2 aromatic rings. The quantitative estimate of drug-likeness (QED) is 0.645. The zero-order chi connectivity index (χ0) is 21.1. The fraction of sp³-hybridized carbons (Fsp3) is 0.500. The highest BCUT2D eigenvalue weighted by Crippen LogP contribution is 2.30. The first-order chi connectivity index (χ1) is 14.5. The lowest BCUT2D eigenvalue weighted by molar-refractivity contribution is -0.133. The summed E-state index contributed by atoms with van der Waals surface area (Å²) in [5, 5.41) is 0.541. The second-order valence-corrected chi connectivity index (χ2v) is 9.03. The molecular formula is C24H30ClN3O2. The van der Waals surface area contributed by atoms with Crippen LogP contribution in [0.15, 0.2) is 42.6 Å². The van der Waals surface area contributed by atoms with Gasteiger partial charge in [-0.1, -0.05) is 36.9 Å². The molecule has 5 nitrogen and oxygen atoms in total. The summed E-state index contributed by atoms with van der Waals surface area (Å²) in [7, 11) is 2.00. The molecule has 30 heavy (non-hydrogen) atoms. The standard InChI is InChI=1S/C24H30ClN3O2/c1-26-14-6-11-22(26)16-27(21-12-13-21)23(29)17-28(20-9-3-2-4-10-20)24(30)18-7-5-8-19(25)15-18/h5-8,11,14-15,20-21H,2-4,9-10,12-13,16-17H2,1H3.